The van der Waals surface area contributed by atoms with E-state index in [9.17, 15) is 19.5 Å². The highest BCUT2D eigenvalue weighted by Gasteiger charge is 2.50. The Hall–Kier alpha value is -1.63. The number of hydrogen-bond acceptors (Lipinski definition) is 5. The van der Waals surface area contributed by atoms with Crippen LogP contribution in [0.3, 0.4) is 0 Å². The largest absolute Gasteiger partial charge is 0.444 e. The van der Waals surface area contributed by atoms with Crippen LogP contribution in [-0.2, 0) is 14.3 Å². The first-order chi connectivity index (χ1) is 11.7. The van der Waals surface area contributed by atoms with Crippen LogP contribution in [0.25, 0.3) is 0 Å². The Labute approximate surface area is 149 Å². The quantitative estimate of drug-likeness (QED) is 0.812. The van der Waals surface area contributed by atoms with Crippen LogP contribution >= 0.6 is 0 Å². The van der Waals surface area contributed by atoms with Crippen molar-refractivity contribution in [1.82, 2.24) is 9.80 Å². The fraction of sp³-hybridized carbons (Fsp3) is 0.833. The molecular formula is C18H30N2O5. The van der Waals surface area contributed by atoms with E-state index >= 15 is 0 Å². The first kappa shape index (κ1) is 19.7. The predicted octanol–water partition coefficient (Wildman–Crippen LogP) is 1.72. The molecule has 2 aliphatic heterocycles. The number of amides is 2. The zero-order valence-electron chi connectivity index (χ0n) is 15.5. The molecule has 0 radical (unpaired) electrons. The van der Waals surface area contributed by atoms with Gasteiger partial charge in [-0.3, -0.25) is 14.5 Å². The molecule has 2 rings (SSSR count). The molecule has 0 spiro atoms. The number of Topliss-reactive ketones (excluding diaryl/α,β-unsaturated/α-hetero) is 1. The lowest BCUT2D eigenvalue weighted by molar-refractivity contribution is -0.136. The Balaban J connectivity index is 2.02. The van der Waals surface area contributed by atoms with Crippen molar-refractivity contribution in [2.45, 2.75) is 70.4 Å². The molecule has 7 heteroatoms. The van der Waals surface area contributed by atoms with Gasteiger partial charge in [0.15, 0.2) is 5.78 Å². The molecule has 7 nitrogen and oxygen atoms in total. The minimum absolute atomic E-state index is 0.0271. The van der Waals surface area contributed by atoms with E-state index in [-0.39, 0.29) is 24.5 Å². The molecule has 1 N–H and O–H groups in total. The van der Waals surface area contributed by atoms with Crippen molar-refractivity contribution in [2.75, 3.05) is 26.2 Å². The number of carbonyl (C=O) groups excluding carboxylic acids is 3. The number of ether oxygens (including phenoxy) is 1. The lowest BCUT2D eigenvalue weighted by atomic mass is 9.89. The summed E-state index contributed by atoms with van der Waals surface area (Å²) in [4.78, 5) is 40.6. The molecule has 0 saturated carbocycles. The molecule has 1 atom stereocenters. The van der Waals surface area contributed by atoms with Gasteiger partial charge in [0.25, 0.3) is 0 Å². The summed E-state index contributed by atoms with van der Waals surface area (Å²) < 4.78 is 5.38. The van der Waals surface area contributed by atoms with Gasteiger partial charge in [-0.05, 0) is 46.5 Å². The maximum absolute atomic E-state index is 12.8. The van der Waals surface area contributed by atoms with Gasteiger partial charge in [-0.25, -0.2) is 4.79 Å². The van der Waals surface area contributed by atoms with Crippen LogP contribution in [0.5, 0.6) is 0 Å². The number of aliphatic hydroxyl groups is 1. The van der Waals surface area contributed by atoms with E-state index in [2.05, 4.69) is 0 Å². The molecule has 0 aromatic heterocycles. The number of likely N-dealkylation sites (tertiary alicyclic amines) is 2. The van der Waals surface area contributed by atoms with Crippen LogP contribution in [-0.4, -0.2) is 70.1 Å². The first-order valence-electron chi connectivity index (χ1n) is 9.12. The minimum atomic E-state index is -1.26. The van der Waals surface area contributed by atoms with Gasteiger partial charge in [-0.1, -0.05) is 0 Å². The second-order valence-electron chi connectivity index (χ2n) is 7.94. The summed E-state index contributed by atoms with van der Waals surface area (Å²) in [6.07, 6.45) is 2.63. The highest BCUT2D eigenvalue weighted by atomic mass is 16.6. The van der Waals surface area contributed by atoms with Crippen molar-refractivity contribution in [1.29, 1.82) is 0 Å². The smallest absolute Gasteiger partial charge is 0.411 e. The maximum atomic E-state index is 12.8. The van der Waals surface area contributed by atoms with Crippen LogP contribution < -0.4 is 0 Å². The Bertz CT molecular complexity index is 522. The summed E-state index contributed by atoms with van der Waals surface area (Å²) in [6, 6.07) is 0. The summed E-state index contributed by atoms with van der Waals surface area (Å²) >= 11 is 0. The van der Waals surface area contributed by atoms with Crippen molar-refractivity contribution < 1.29 is 24.2 Å². The van der Waals surface area contributed by atoms with E-state index < -0.39 is 23.8 Å². The molecule has 0 aliphatic carbocycles. The third kappa shape index (κ3) is 4.51. The Morgan fingerprint density at radius 2 is 1.68 bits per heavy atom. The first-order valence-corrected chi connectivity index (χ1v) is 9.12. The summed E-state index contributed by atoms with van der Waals surface area (Å²) in [5.74, 6) is -0.285. The number of hydrogen-bond donors (Lipinski definition) is 1. The summed E-state index contributed by atoms with van der Waals surface area (Å²) in [7, 11) is 0. The monoisotopic (exact) mass is 354 g/mol. The fourth-order valence-corrected chi connectivity index (χ4v) is 3.58. The van der Waals surface area contributed by atoms with E-state index in [0.29, 0.717) is 19.4 Å². The van der Waals surface area contributed by atoms with Gasteiger partial charge >= 0.3 is 6.09 Å². The number of nitrogens with zero attached hydrogens (tertiary/aromatic N) is 2. The van der Waals surface area contributed by atoms with Gasteiger partial charge in [0.05, 0.1) is 6.61 Å². The zero-order chi connectivity index (χ0) is 18.7. The molecule has 2 heterocycles. The molecule has 142 valence electrons. The highest BCUT2D eigenvalue weighted by Crippen LogP contribution is 2.33. The third-order valence-corrected chi connectivity index (χ3v) is 4.91. The Morgan fingerprint density at radius 1 is 1.04 bits per heavy atom. The molecule has 0 aromatic rings. The fourth-order valence-electron chi connectivity index (χ4n) is 3.58. The standard InChI is InChI=1S/C18H30N2O5/c1-17(2,3)25-16(24)20-12-6-9-18(20,13-21)14(22)7-8-15(23)19-10-4-5-11-19/h21H,4-13H2,1-3H3. The van der Waals surface area contributed by atoms with E-state index in [4.69, 9.17) is 4.74 Å². The molecule has 2 fully saturated rings. The van der Waals surface area contributed by atoms with Crippen molar-refractivity contribution in [2.24, 2.45) is 0 Å². The summed E-state index contributed by atoms with van der Waals surface area (Å²) in [5.41, 5.74) is -1.93. The minimum Gasteiger partial charge on any atom is -0.444 e. The van der Waals surface area contributed by atoms with Crippen LogP contribution in [0.4, 0.5) is 4.79 Å². The zero-order valence-corrected chi connectivity index (χ0v) is 15.5. The van der Waals surface area contributed by atoms with Crippen molar-refractivity contribution in [3.05, 3.63) is 0 Å². The molecule has 2 saturated heterocycles. The van der Waals surface area contributed by atoms with E-state index in [0.717, 1.165) is 25.9 Å². The molecule has 0 bridgehead atoms. The van der Waals surface area contributed by atoms with Gasteiger partial charge < -0.3 is 14.7 Å². The lowest BCUT2D eigenvalue weighted by Gasteiger charge is -2.36. The van der Waals surface area contributed by atoms with Gasteiger partial charge in [0, 0.05) is 32.5 Å². The van der Waals surface area contributed by atoms with Crippen LogP contribution in [0.1, 0.15) is 59.3 Å². The normalized spacial score (nSPS) is 23.8. The number of carbonyl (C=O) groups is 3. The van der Waals surface area contributed by atoms with Gasteiger partial charge in [0.1, 0.15) is 11.1 Å². The van der Waals surface area contributed by atoms with Crippen molar-refractivity contribution in [3.63, 3.8) is 0 Å². The second kappa shape index (κ2) is 7.72. The van der Waals surface area contributed by atoms with Crippen LogP contribution in [0.2, 0.25) is 0 Å². The lowest BCUT2D eigenvalue weighted by Crippen LogP contribution is -2.56. The number of rotatable bonds is 5. The van der Waals surface area contributed by atoms with Gasteiger partial charge in [-0.2, -0.15) is 0 Å². The van der Waals surface area contributed by atoms with Crippen molar-refractivity contribution >= 4 is 17.8 Å². The van der Waals surface area contributed by atoms with E-state index in [1.54, 1.807) is 25.7 Å². The Kier molecular flexibility index (Phi) is 6.08. The molecule has 1 unspecified atom stereocenters. The molecule has 2 amide bonds. The molecule has 25 heavy (non-hydrogen) atoms. The van der Waals surface area contributed by atoms with Crippen molar-refractivity contribution in [3.8, 4) is 0 Å². The third-order valence-electron chi connectivity index (χ3n) is 4.91. The molecule has 2 aliphatic rings. The summed E-state index contributed by atoms with van der Waals surface area (Å²) in [6.45, 7) is 6.73. The average Bonchev–Trinajstić information content (AvgIpc) is 3.19. The van der Waals surface area contributed by atoms with Gasteiger partial charge in [0.2, 0.25) is 5.91 Å². The number of aliphatic hydroxyl groups excluding tert-OH is 1. The highest BCUT2D eigenvalue weighted by molar-refractivity contribution is 5.94. The van der Waals surface area contributed by atoms with E-state index in [1.807, 2.05) is 0 Å². The number of ketones is 1. The summed E-state index contributed by atoms with van der Waals surface area (Å²) in [5, 5.41) is 9.92. The Morgan fingerprint density at radius 3 is 2.24 bits per heavy atom. The average molecular weight is 354 g/mol. The molecular weight excluding hydrogens is 324 g/mol. The predicted molar refractivity (Wildman–Crippen MR) is 92.0 cm³/mol. The van der Waals surface area contributed by atoms with Crippen LogP contribution in [0.15, 0.2) is 0 Å². The SMILES string of the molecule is CC(C)(C)OC(=O)N1CCCC1(CO)C(=O)CCC(=O)N1CCCC1. The topological polar surface area (TPSA) is 87.1 Å². The van der Waals surface area contributed by atoms with E-state index in [1.165, 1.54) is 4.90 Å². The van der Waals surface area contributed by atoms with Crippen LogP contribution in [0, 0.1) is 0 Å². The second-order valence-corrected chi connectivity index (χ2v) is 7.94. The maximum Gasteiger partial charge on any atom is 0.411 e. The van der Waals surface area contributed by atoms with Gasteiger partial charge in [-0.15, -0.1) is 0 Å². The molecule has 0 aromatic carbocycles.